The van der Waals surface area contributed by atoms with Crippen molar-refractivity contribution in [1.82, 2.24) is 4.98 Å². The number of phenolic OH excluding ortho intramolecular Hbond substituents is 3. The minimum atomic E-state index is -1.53. The van der Waals surface area contributed by atoms with E-state index >= 15 is 0 Å². The number of aliphatic hydroxyl groups is 3. The lowest BCUT2D eigenvalue weighted by molar-refractivity contribution is -0.112. The van der Waals surface area contributed by atoms with Gasteiger partial charge in [0, 0.05) is 55.1 Å². The molecule has 1 saturated heterocycles. The van der Waals surface area contributed by atoms with Crippen molar-refractivity contribution in [2.24, 2.45) is 11.8 Å². The monoisotopic (exact) mass is 1010 g/mol. The first-order valence-electron chi connectivity index (χ1n) is 24.9. The molecule has 3 aromatic carbocycles. The van der Waals surface area contributed by atoms with Crippen LogP contribution in [0.5, 0.6) is 40.2 Å². The van der Waals surface area contributed by atoms with Gasteiger partial charge in [0.15, 0.2) is 17.1 Å². The summed E-state index contributed by atoms with van der Waals surface area (Å²) in [7, 11) is 9.11. The highest BCUT2D eigenvalue weighted by Gasteiger charge is 2.62. The largest absolute Gasteiger partial charge is 0.670 e. The molecule has 6 heterocycles. The van der Waals surface area contributed by atoms with Gasteiger partial charge in [-0.15, -0.1) is 0 Å². The van der Waals surface area contributed by atoms with E-state index < -0.39 is 23.0 Å². The van der Waals surface area contributed by atoms with E-state index in [4.69, 9.17) is 18.9 Å². The number of aromatic nitrogens is 1. The summed E-state index contributed by atoms with van der Waals surface area (Å²) in [6.07, 6.45) is 13.7. The number of aliphatic hydroxyl groups excluding tert-OH is 3. The first-order valence-corrected chi connectivity index (χ1v) is 29.5. The molecule has 11 nitrogen and oxygen atoms in total. The van der Waals surface area contributed by atoms with Crippen LogP contribution >= 0.6 is 43.2 Å². The molecule has 0 radical (unpaired) electrons. The van der Waals surface area contributed by atoms with Gasteiger partial charge in [-0.05, 0) is 127 Å². The van der Waals surface area contributed by atoms with Gasteiger partial charge in [0.05, 0.1) is 26.9 Å². The van der Waals surface area contributed by atoms with E-state index in [-0.39, 0.29) is 75.3 Å². The van der Waals surface area contributed by atoms with Crippen molar-refractivity contribution in [2.45, 2.75) is 135 Å². The molecule has 370 valence electrons. The Balaban J connectivity index is 1.20. The second-order valence-corrected chi connectivity index (χ2v) is 26.3. The minimum Gasteiger partial charge on any atom is -0.670 e. The van der Waals surface area contributed by atoms with E-state index in [0.29, 0.717) is 48.5 Å². The van der Waals surface area contributed by atoms with Crippen LogP contribution in [0.2, 0.25) is 0 Å². The number of nitrogens with zero attached hydrogens (tertiary/aromatic N) is 1. The van der Waals surface area contributed by atoms with E-state index in [0.717, 1.165) is 85.6 Å². The number of hydrogen-bond acceptors (Lipinski definition) is 14. The van der Waals surface area contributed by atoms with E-state index in [9.17, 15) is 30.6 Å². The van der Waals surface area contributed by atoms with E-state index in [1.54, 1.807) is 17.7 Å². The molecule has 8 atom stereocenters. The van der Waals surface area contributed by atoms with Gasteiger partial charge >= 0.3 is 0 Å². The third-order valence-electron chi connectivity index (χ3n) is 16.7. The number of rotatable bonds is 11. The number of benzene rings is 3. The highest BCUT2D eigenvalue weighted by atomic mass is 33.1. The molecule has 9 aliphatic rings. The highest BCUT2D eigenvalue weighted by molar-refractivity contribution is 8.77. The average molecular weight is 1020 g/mol. The molecule has 0 unspecified atom stereocenters. The summed E-state index contributed by atoms with van der Waals surface area (Å²) in [5.41, 5.74) is 6.38. The predicted molar refractivity (Wildman–Crippen MR) is 276 cm³/mol. The fourth-order valence-electron chi connectivity index (χ4n) is 13.5. The lowest BCUT2D eigenvalue weighted by Crippen LogP contribution is -2.57. The van der Waals surface area contributed by atoms with Crippen LogP contribution in [0.1, 0.15) is 131 Å². The Labute approximate surface area is 420 Å². The van der Waals surface area contributed by atoms with Crippen LogP contribution in [-0.2, 0) is 11.0 Å². The zero-order chi connectivity index (χ0) is 47.8. The number of allylic oxidation sites excluding steroid dienone is 1. The number of aromatic hydroxyl groups is 3. The first-order chi connectivity index (χ1) is 33.5. The smallest absolute Gasteiger partial charge is 0.207 e. The van der Waals surface area contributed by atoms with Crippen molar-refractivity contribution < 1.29 is 49.6 Å². The molecule has 5 aliphatic heterocycles. The minimum absolute atomic E-state index is 0.0000732. The molecule has 1 spiro atoms. The number of ether oxygens (including phenoxy) is 4. The third kappa shape index (κ3) is 7.75. The molecule has 13 rings (SSSR count). The topological polar surface area (TPSA) is 172 Å². The van der Waals surface area contributed by atoms with Crippen LogP contribution in [0.3, 0.4) is 0 Å². The molecule has 4 aromatic rings. The van der Waals surface area contributed by atoms with Crippen molar-refractivity contribution in [3.05, 3.63) is 82.2 Å². The molecule has 2 saturated carbocycles. The molecular formula is C54H64NO10S4-. The molecule has 4 aliphatic carbocycles. The Morgan fingerprint density at radius 2 is 1.74 bits per heavy atom. The Morgan fingerprint density at radius 1 is 0.913 bits per heavy atom. The van der Waals surface area contributed by atoms with Gasteiger partial charge in [-0.25, -0.2) is 0 Å². The van der Waals surface area contributed by atoms with Gasteiger partial charge < -0.3 is 54.6 Å². The zero-order valence-corrected chi connectivity index (χ0v) is 42.8. The van der Waals surface area contributed by atoms with Crippen molar-refractivity contribution in [3.63, 3.8) is 0 Å². The van der Waals surface area contributed by atoms with Gasteiger partial charge in [-0.2, -0.15) is 12.4 Å². The average Bonchev–Trinajstić information content (AvgIpc) is 3.89. The van der Waals surface area contributed by atoms with Gasteiger partial charge in [0.25, 0.3) is 0 Å². The van der Waals surface area contributed by atoms with Gasteiger partial charge in [-0.1, -0.05) is 88.4 Å². The lowest BCUT2D eigenvalue weighted by Gasteiger charge is -2.55. The van der Waals surface area contributed by atoms with Gasteiger partial charge in [0.2, 0.25) is 11.5 Å². The number of hydrogen-bond donors (Lipinski definition) is 6. The molecule has 15 heteroatoms. The molecule has 1 aromatic heterocycles. The van der Waals surface area contributed by atoms with E-state index in [1.807, 2.05) is 67.6 Å². The Hall–Kier alpha value is -3.44. The number of fused-ring (bicyclic) bond motifs is 5. The summed E-state index contributed by atoms with van der Waals surface area (Å²) >= 11 is 0. The van der Waals surface area contributed by atoms with E-state index in [2.05, 4.69) is 31.1 Å². The maximum absolute atomic E-state index is 13.6. The van der Waals surface area contributed by atoms with Crippen molar-refractivity contribution in [1.29, 1.82) is 0 Å². The first kappa shape index (κ1) is 47.9. The molecule has 6 N–H and O–H groups in total. The second-order valence-electron chi connectivity index (χ2n) is 20.9. The summed E-state index contributed by atoms with van der Waals surface area (Å²) in [5, 5.41) is 71.7. The maximum Gasteiger partial charge on any atom is 0.207 e. The second kappa shape index (κ2) is 18.9. The van der Waals surface area contributed by atoms with Crippen LogP contribution in [-0.4, -0.2) is 91.3 Å². The van der Waals surface area contributed by atoms with Crippen LogP contribution < -0.4 is 23.9 Å². The molecule has 8 bridgehead atoms. The fourth-order valence-corrected chi connectivity index (χ4v) is 21.2. The highest BCUT2D eigenvalue weighted by Crippen LogP contribution is 2.70. The van der Waals surface area contributed by atoms with Crippen LogP contribution in [0.25, 0.3) is 16.7 Å². The molecule has 3 fully saturated rings. The normalized spacial score (nSPS) is 29.8. The van der Waals surface area contributed by atoms with Crippen molar-refractivity contribution in [3.8, 4) is 51.4 Å². The fraction of sp³-hybridized carbons (Fsp3) is 0.556. The predicted octanol–water partition coefficient (Wildman–Crippen LogP) is 11.0. The summed E-state index contributed by atoms with van der Waals surface area (Å²) < 4.78 is 25.8. The van der Waals surface area contributed by atoms with Crippen molar-refractivity contribution in [2.75, 3.05) is 39.3 Å². The molecule has 0 amide bonds. The summed E-state index contributed by atoms with van der Waals surface area (Å²) in [4.78, 5) is 4.63. The Kier molecular flexibility index (Phi) is 13.1. The summed E-state index contributed by atoms with van der Waals surface area (Å²) in [6, 6.07) is 11.3. The Morgan fingerprint density at radius 3 is 2.49 bits per heavy atom. The quantitative estimate of drug-likeness (QED) is 0.0783. The van der Waals surface area contributed by atoms with Gasteiger partial charge in [-0.3, -0.25) is 0 Å². The maximum atomic E-state index is 13.6. The van der Waals surface area contributed by atoms with E-state index in [1.165, 1.54) is 24.7 Å². The lowest BCUT2D eigenvalue weighted by atomic mass is 9.56. The van der Waals surface area contributed by atoms with Crippen LogP contribution in [0, 0.1) is 11.8 Å². The third-order valence-corrected chi connectivity index (χ3v) is 23.3. The van der Waals surface area contributed by atoms with Gasteiger partial charge in [0.1, 0.15) is 30.0 Å². The standard InChI is InChI=1S/C54H64NO10S4/c1-29(2)13-19-63-40-24-37(48(59)50(62-3)49(40)60)54-16-11-41-45(51(54)61)44-39(65-54)25-38(64-20-18-56)43-33-9-8-32(58)23-35(33)36-10-7-30-21-34(31-12-17-55-26-31)46(42(22-30)68-67-41)53(14-5-4-6-15-53)69-66-28-52(36,27-57)47(43)44/h8-9,12,17,23-26,29-30,36,41-42,45,51,56-61H,4-7,10-11,13-16,18-22,27-28H2,1-3H3/q-1/t30-,36+,41-,42-,45-,51+,52-,54-/m0/s1. The van der Waals surface area contributed by atoms with Crippen LogP contribution in [0.4, 0.5) is 0 Å². The molecule has 69 heavy (non-hydrogen) atoms. The number of methoxy groups -OCH3 is 1. The Bertz CT molecular complexity index is 2620. The summed E-state index contributed by atoms with van der Waals surface area (Å²) in [5.74, 6) is 0.864. The zero-order valence-electron chi connectivity index (χ0n) is 39.6. The SMILES string of the molecule is COc1c(O)c(OCCC(C)C)cc([C@@]23CC[C@@H]4SS[C@H]5C[C@H]6CC[C@@H]7c8cc(O)ccc8-c8c(OCCO)cc(c(c8[C@@]7(CO)CSSC7(CCCCC7)C5=C(c5cc[n-]c5)C6)[C@H]4[C@H]2O)O3)c1O. The summed E-state index contributed by atoms with van der Waals surface area (Å²) in [6.45, 7) is 4.07. The number of phenols is 3. The van der Waals surface area contributed by atoms with Crippen molar-refractivity contribution >= 4 is 48.7 Å². The van der Waals surface area contributed by atoms with Crippen LogP contribution in [0.15, 0.2) is 54.4 Å². The molecular weight excluding hydrogens is 951 g/mol.